The van der Waals surface area contributed by atoms with Gasteiger partial charge in [-0.3, -0.25) is 4.79 Å². The minimum absolute atomic E-state index is 0.0514. The maximum absolute atomic E-state index is 13.4. The van der Waals surface area contributed by atoms with Crippen LogP contribution in [0.1, 0.15) is 9.67 Å². The highest BCUT2D eigenvalue weighted by atomic mass is 32.1. The van der Waals surface area contributed by atoms with E-state index in [0.29, 0.717) is 29.6 Å². The molecule has 9 heteroatoms. The van der Waals surface area contributed by atoms with Crippen LogP contribution >= 0.6 is 11.3 Å². The Kier molecular flexibility index (Phi) is 3.83. The summed E-state index contributed by atoms with van der Waals surface area (Å²) in [5.74, 6) is 0.411. The van der Waals surface area contributed by atoms with Gasteiger partial charge in [0.05, 0.1) is 11.2 Å². The van der Waals surface area contributed by atoms with Crippen molar-refractivity contribution >= 4 is 55.6 Å². The van der Waals surface area contributed by atoms with E-state index in [1.54, 1.807) is 11.9 Å². The van der Waals surface area contributed by atoms with Crippen molar-refractivity contribution < 1.29 is 9.18 Å². The summed E-state index contributed by atoms with van der Waals surface area (Å²) >= 11 is 1.47. The standard InChI is InChI=1S/C19H15FN6OS/c1-26(15-8-13(20)23-9-24-15)14-5-2-10-11(25-14)3-4-12-16(10)17-18(28-12)19(27)22-7-6-21-17/h2-5,8-9,21H,6-7H2,1H3,(H,22,27). The highest BCUT2D eigenvalue weighted by Gasteiger charge is 2.22. The van der Waals surface area contributed by atoms with Crippen molar-refractivity contribution in [2.45, 2.75) is 0 Å². The smallest absolute Gasteiger partial charge is 0.263 e. The van der Waals surface area contributed by atoms with E-state index in [1.165, 1.54) is 23.7 Å². The predicted molar refractivity (Wildman–Crippen MR) is 108 cm³/mol. The van der Waals surface area contributed by atoms with Crippen LogP contribution in [0.15, 0.2) is 36.7 Å². The first-order valence-corrected chi connectivity index (χ1v) is 9.53. The zero-order chi connectivity index (χ0) is 19.3. The van der Waals surface area contributed by atoms with Crippen molar-refractivity contribution in [2.75, 3.05) is 30.4 Å². The molecule has 0 bridgehead atoms. The fraction of sp³-hybridized carbons (Fsp3) is 0.158. The Hall–Kier alpha value is -3.33. The summed E-state index contributed by atoms with van der Waals surface area (Å²) < 4.78 is 14.5. The molecule has 5 rings (SSSR count). The second-order valence-corrected chi connectivity index (χ2v) is 7.47. The van der Waals surface area contributed by atoms with Crippen molar-refractivity contribution in [3.05, 3.63) is 47.5 Å². The van der Waals surface area contributed by atoms with Crippen LogP contribution in [0.3, 0.4) is 0 Å². The molecular weight excluding hydrogens is 379 g/mol. The number of carbonyl (C=O) groups is 1. The van der Waals surface area contributed by atoms with E-state index < -0.39 is 5.95 Å². The molecule has 1 aromatic carbocycles. The maximum atomic E-state index is 13.4. The number of carbonyl (C=O) groups excluding carboxylic acids is 1. The van der Waals surface area contributed by atoms with E-state index in [4.69, 9.17) is 4.98 Å². The van der Waals surface area contributed by atoms with Crippen molar-refractivity contribution in [1.82, 2.24) is 20.3 Å². The Labute approximate surface area is 163 Å². The van der Waals surface area contributed by atoms with Crippen LogP contribution in [-0.4, -0.2) is 41.0 Å². The molecule has 140 valence electrons. The number of hydrogen-bond donors (Lipinski definition) is 2. The summed E-state index contributed by atoms with van der Waals surface area (Å²) in [7, 11) is 1.77. The summed E-state index contributed by atoms with van der Waals surface area (Å²) in [6.45, 7) is 1.27. The topological polar surface area (TPSA) is 83.0 Å². The van der Waals surface area contributed by atoms with E-state index in [0.717, 1.165) is 26.7 Å². The Morgan fingerprint density at radius 1 is 1.11 bits per heavy atom. The molecule has 2 N–H and O–H groups in total. The molecule has 0 atom stereocenters. The van der Waals surface area contributed by atoms with Crippen molar-refractivity contribution in [1.29, 1.82) is 0 Å². The molecule has 4 aromatic rings. The van der Waals surface area contributed by atoms with Gasteiger partial charge in [0, 0.05) is 41.7 Å². The molecule has 1 aliphatic rings. The summed E-state index contributed by atoms with van der Waals surface area (Å²) in [6, 6.07) is 9.01. The molecule has 0 aliphatic carbocycles. The number of anilines is 3. The van der Waals surface area contributed by atoms with Gasteiger partial charge in [0.15, 0.2) is 0 Å². The van der Waals surface area contributed by atoms with E-state index in [-0.39, 0.29) is 5.91 Å². The predicted octanol–water partition coefficient (Wildman–Crippen LogP) is 3.30. The average Bonchev–Trinajstić information content (AvgIpc) is 2.99. The second-order valence-electron chi connectivity index (χ2n) is 6.42. The Morgan fingerprint density at radius 2 is 1.96 bits per heavy atom. The van der Waals surface area contributed by atoms with E-state index >= 15 is 0 Å². The summed E-state index contributed by atoms with van der Waals surface area (Å²) in [4.78, 5) is 27.0. The number of pyridine rings is 1. The largest absolute Gasteiger partial charge is 0.381 e. The second kappa shape index (κ2) is 6.38. The SMILES string of the molecule is CN(c1cc(F)ncn1)c1ccc2c(ccc3sc4c(c32)NCCNC4=O)n1. The summed E-state index contributed by atoms with van der Waals surface area (Å²) in [6.07, 6.45) is 1.18. The molecule has 0 saturated heterocycles. The molecule has 4 heterocycles. The zero-order valence-corrected chi connectivity index (χ0v) is 15.7. The lowest BCUT2D eigenvalue weighted by atomic mass is 10.1. The number of nitrogens with one attached hydrogen (secondary N) is 2. The fourth-order valence-electron chi connectivity index (χ4n) is 3.37. The number of fused-ring (bicyclic) bond motifs is 5. The highest BCUT2D eigenvalue weighted by molar-refractivity contribution is 7.21. The van der Waals surface area contributed by atoms with Crippen LogP contribution < -0.4 is 15.5 Å². The molecule has 0 saturated carbocycles. The molecule has 7 nitrogen and oxygen atoms in total. The van der Waals surface area contributed by atoms with Crippen LogP contribution in [0, 0.1) is 5.95 Å². The number of aromatic nitrogens is 3. The van der Waals surface area contributed by atoms with Crippen molar-refractivity contribution in [3.8, 4) is 0 Å². The van der Waals surface area contributed by atoms with Crippen LogP contribution in [0.2, 0.25) is 0 Å². The van der Waals surface area contributed by atoms with Crippen LogP contribution in [0.4, 0.5) is 21.7 Å². The molecule has 0 radical (unpaired) electrons. The third-order valence-corrected chi connectivity index (χ3v) is 5.89. The lowest BCUT2D eigenvalue weighted by Crippen LogP contribution is -2.24. The summed E-state index contributed by atoms with van der Waals surface area (Å²) in [5, 5.41) is 8.24. The van der Waals surface area contributed by atoms with E-state index in [1.807, 2.05) is 24.3 Å². The number of thiophene rings is 1. The van der Waals surface area contributed by atoms with Gasteiger partial charge < -0.3 is 15.5 Å². The Bertz CT molecular complexity index is 1240. The van der Waals surface area contributed by atoms with Gasteiger partial charge in [0.1, 0.15) is 22.8 Å². The number of benzene rings is 1. The van der Waals surface area contributed by atoms with Crippen LogP contribution in [0.25, 0.3) is 21.0 Å². The first-order valence-electron chi connectivity index (χ1n) is 8.71. The molecule has 3 aromatic heterocycles. The first-order chi connectivity index (χ1) is 13.6. The van der Waals surface area contributed by atoms with Gasteiger partial charge in [-0.1, -0.05) is 0 Å². The van der Waals surface area contributed by atoms with E-state index in [9.17, 15) is 9.18 Å². The van der Waals surface area contributed by atoms with Gasteiger partial charge in [-0.25, -0.2) is 15.0 Å². The summed E-state index contributed by atoms with van der Waals surface area (Å²) in [5.41, 5.74) is 1.65. The number of nitrogens with zero attached hydrogens (tertiary/aromatic N) is 4. The van der Waals surface area contributed by atoms with Crippen molar-refractivity contribution in [2.24, 2.45) is 0 Å². The van der Waals surface area contributed by atoms with Gasteiger partial charge in [0.25, 0.3) is 5.91 Å². The van der Waals surface area contributed by atoms with Gasteiger partial charge in [-0.15, -0.1) is 11.3 Å². The lowest BCUT2D eigenvalue weighted by molar-refractivity contribution is 0.0962. The lowest BCUT2D eigenvalue weighted by Gasteiger charge is -2.17. The molecule has 1 amide bonds. The third-order valence-electron chi connectivity index (χ3n) is 4.73. The highest BCUT2D eigenvalue weighted by Crippen LogP contribution is 2.41. The normalized spacial score (nSPS) is 13.7. The average molecular weight is 394 g/mol. The zero-order valence-electron chi connectivity index (χ0n) is 14.9. The molecule has 0 unspecified atom stereocenters. The number of rotatable bonds is 2. The van der Waals surface area contributed by atoms with Crippen molar-refractivity contribution in [3.63, 3.8) is 0 Å². The Morgan fingerprint density at radius 3 is 2.82 bits per heavy atom. The minimum Gasteiger partial charge on any atom is -0.381 e. The third kappa shape index (κ3) is 2.63. The first kappa shape index (κ1) is 16.8. The monoisotopic (exact) mass is 394 g/mol. The quantitative estimate of drug-likeness (QED) is 0.508. The van der Waals surface area contributed by atoms with Crippen LogP contribution in [0.5, 0.6) is 0 Å². The minimum atomic E-state index is -0.593. The van der Waals surface area contributed by atoms with Gasteiger partial charge in [0.2, 0.25) is 5.95 Å². The van der Waals surface area contributed by atoms with E-state index in [2.05, 4.69) is 20.6 Å². The Balaban J connectivity index is 1.66. The fourth-order valence-corrected chi connectivity index (χ4v) is 4.49. The molecule has 0 spiro atoms. The molecule has 0 fully saturated rings. The van der Waals surface area contributed by atoms with Crippen LogP contribution in [-0.2, 0) is 0 Å². The molecule has 28 heavy (non-hydrogen) atoms. The number of halogens is 1. The molecular formula is C19H15FN6OS. The molecule has 1 aliphatic heterocycles. The van der Waals surface area contributed by atoms with Gasteiger partial charge in [-0.05, 0) is 24.3 Å². The van der Waals surface area contributed by atoms with Gasteiger partial charge >= 0.3 is 0 Å². The number of amides is 1. The van der Waals surface area contributed by atoms with Gasteiger partial charge in [-0.2, -0.15) is 4.39 Å². The number of hydrogen-bond acceptors (Lipinski definition) is 7. The maximum Gasteiger partial charge on any atom is 0.263 e.